The smallest absolute Gasteiger partial charge is 0.267 e. The van der Waals surface area contributed by atoms with Crippen molar-refractivity contribution in [2.75, 3.05) is 11.9 Å². The van der Waals surface area contributed by atoms with Crippen molar-refractivity contribution >= 4 is 22.9 Å². The van der Waals surface area contributed by atoms with Gasteiger partial charge in [-0.05, 0) is 48.6 Å². The van der Waals surface area contributed by atoms with E-state index >= 15 is 0 Å². The second kappa shape index (κ2) is 6.38. The van der Waals surface area contributed by atoms with Crippen LogP contribution in [0.5, 0.6) is 0 Å². The first-order valence-electron chi connectivity index (χ1n) is 6.27. The van der Waals surface area contributed by atoms with Crippen LogP contribution in [-0.2, 0) is 0 Å². The Morgan fingerprint density at radius 1 is 1.30 bits per heavy atom. The summed E-state index contributed by atoms with van der Waals surface area (Å²) < 4.78 is 0. The van der Waals surface area contributed by atoms with E-state index in [2.05, 4.69) is 17.2 Å². The quantitative estimate of drug-likeness (QED) is 0.833. The average molecular weight is 284 g/mol. The van der Waals surface area contributed by atoms with Crippen LogP contribution in [0.25, 0.3) is 0 Å². The Morgan fingerprint density at radius 2 is 2.10 bits per heavy atom. The number of amides is 1. The Hall–Kier alpha value is -2.09. The van der Waals surface area contributed by atoms with Crippen molar-refractivity contribution in [2.24, 2.45) is 5.73 Å². The van der Waals surface area contributed by atoms with Gasteiger partial charge in [-0.2, -0.15) is 0 Å². The summed E-state index contributed by atoms with van der Waals surface area (Å²) in [6, 6.07) is 7.70. The van der Waals surface area contributed by atoms with Gasteiger partial charge in [0, 0.05) is 11.3 Å². The lowest BCUT2D eigenvalue weighted by Gasteiger charge is -2.07. The zero-order valence-electron chi connectivity index (χ0n) is 11.5. The van der Waals surface area contributed by atoms with Gasteiger partial charge in [-0.1, -0.05) is 17.9 Å². The molecule has 3 nitrogen and oxygen atoms in total. The average Bonchev–Trinajstić information content (AvgIpc) is 2.89. The highest BCUT2D eigenvalue weighted by atomic mass is 32.1. The van der Waals surface area contributed by atoms with Crippen LogP contribution in [0.15, 0.2) is 29.6 Å². The fourth-order valence-electron chi connectivity index (χ4n) is 1.74. The van der Waals surface area contributed by atoms with E-state index in [0.717, 1.165) is 16.8 Å². The SMILES string of the molecule is Cc1ccc(NC(=O)c2sccc2C#CCN)cc1C. The van der Waals surface area contributed by atoms with Crippen LogP contribution in [0.4, 0.5) is 5.69 Å². The first-order chi connectivity index (χ1) is 9.61. The summed E-state index contributed by atoms with van der Waals surface area (Å²) in [4.78, 5) is 12.9. The van der Waals surface area contributed by atoms with Gasteiger partial charge < -0.3 is 11.1 Å². The number of hydrogen-bond acceptors (Lipinski definition) is 3. The summed E-state index contributed by atoms with van der Waals surface area (Å²) >= 11 is 1.38. The molecule has 0 unspecified atom stereocenters. The van der Waals surface area contributed by atoms with E-state index in [0.29, 0.717) is 4.88 Å². The highest BCUT2D eigenvalue weighted by molar-refractivity contribution is 7.12. The van der Waals surface area contributed by atoms with Crippen molar-refractivity contribution in [2.45, 2.75) is 13.8 Å². The molecule has 102 valence electrons. The van der Waals surface area contributed by atoms with Crippen molar-refractivity contribution in [1.82, 2.24) is 0 Å². The molecule has 0 bridgehead atoms. The minimum absolute atomic E-state index is 0.135. The van der Waals surface area contributed by atoms with Crippen LogP contribution in [0, 0.1) is 25.7 Å². The van der Waals surface area contributed by atoms with Crippen LogP contribution in [-0.4, -0.2) is 12.5 Å². The van der Waals surface area contributed by atoms with Gasteiger partial charge in [0.25, 0.3) is 5.91 Å². The molecule has 0 saturated carbocycles. The van der Waals surface area contributed by atoms with Gasteiger partial charge in [-0.15, -0.1) is 11.3 Å². The molecule has 1 heterocycles. The number of carbonyl (C=O) groups excluding carboxylic acids is 1. The Kier molecular flexibility index (Phi) is 4.57. The summed E-state index contributed by atoms with van der Waals surface area (Å²) in [5.41, 5.74) is 9.23. The number of nitrogens with two attached hydrogens (primary N) is 1. The van der Waals surface area contributed by atoms with E-state index in [1.165, 1.54) is 16.9 Å². The van der Waals surface area contributed by atoms with Gasteiger partial charge in [-0.3, -0.25) is 4.79 Å². The molecular weight excluding hydrogens is 268 g/mol. The Bertz CT molecular complexity index is 692. The third kappa shape index (κ3) is 3.27. The van der Waals surface area contributed by atoms with Gasteiger partial charge >= 0.3 is 0 Å². The van der Waals surface area contributed by atoms with Crippen LogP contribution in [0.2, 0.25) is 0 Å². The van der Waals surface area contributed by atoms with Crippen LogP contribution in [0.1, 0.15) is 26.4 Å². The maximum Gasteiger partial charge on any atom is 0.267 e. The molecule has 0 fully saturated rings. The zero-order chi connectivity index (χ0) is 14.5. The van der Waals surface area contributed by atoms with Crippen molar-refractivity contribution in [3.63, 3.8) is 0 Å². The molecule has 1 aromatic carbocycles. The lowest BCUT2D eigenvalue weighted by atomic mass is 10.1. The standard InChI is InChI=1S/C16H16N2OS/c1-11-5-6-14(10-12(11)2)18-16(19)15-13(4-3-8-17)7-9-20-15/h5-7,9-10H,8,17H2,1-2H3,(H,18,19). The van der Waals surface area contributed by atoms with E-state index in [9.17, 15) is 4.79 Å². The number of benzene rings is 1. The second-order valence-corrected chi connectivity index (χ2v) is 5.34. The molecule has 0 aliphatic carbocycles. The van der Waals surface area contributed by atoms with Crippen molar-refractivity contribution in [1.29, 1.82) is 0 Å². The zero-order valence-corrected chi connectivity index (χ0v) is 12.3. The van der Waals surface area contributed by atoms with Crippen molar-refractivity contribution < 1.29 is 4.79 Å². The first kappa shape index (κ1) is 14.3. The Balaban J connectivity index is 2.20. The fraction of sp³-hybridized carbons (Fsp3) is 0.188. The molecule has 1 aromatic heterocycles. The number of aryl methyl sites for hydroxylation is 2. The Morgan fingerprint density at radius 3 is 2.80 bits per heavy atom. The molecular formula is C16H16N2OS. The molecule has 0 atom stereocenters. The van der Waals surface area contributed by atoms with Gasteiger partial charge in [0.15, 0.2) is 0 Å². The summed E-state index contributed by atoms with van der Waals surface area (Å²) in [6.07, 6.45) is 0. The van der Waals surface area contributed by atoms with E-state index in [4.69, 9.17) is 5.73 Å². The molecule has 2 rings (SSSR count). The fourth-order valence-corrected chi connectivity index (χ4v) is 2.48. The predicted molar refractivity (Wildman–Crippen MR) is 84.1 cm³/mol. The van der Waals surface area contributed by atoms with Gasteiger partial charge in [-0.25, -0.2) is 0 Å². The van der Waals surface area contributed by atoms with Gasteiger partial charge in [0.1, 0.15) is 4.88 Å². The topological polar surface area (TPSA) is 55.1 Å². The molecule has 0 aliphatic heterocycles. The van der Waals surface area contributed by atoms with E-state index in [-0.39, 0.29) is 12.5 Å². The summed E-state index contributed by atoms with van der Waals surface area (Å²) in [7, 11) is 0. The van der Waals surface area contributed by atoms with Gasteiger partial charge in [0.05, 0.1) is 6.54 Å². The van der Waals surface area contributed by atoms with Crippen molar-refractivity contribution in [3.05, 3.63) is 51.2 Å². The molecule has 2 aromatic rings. The molecule has 1 amide bonds. The minimum Gasteiger partial charge on any atom is -0.321 e. The Labute approximate surface area is 122 Å². The van der Waals surface area contributed by atoms with E-state index in [1.54, 1.807) is 0 Å². The van der Waals surface area contributed by atoms with Crippen LogP contribution < -0.4 is 11.1 Å². The maximum atomic E-state index is 12.3. The summed E-state index contributed by atoms with van der Waals surface area (Å²) in [6.45, 7) is 4.35. The number of rotatable bonds is 2. The molecule has 0 spiro atoms. The first-order valence-corrected chi connectivity index (χ1v) is 7.15. The highest BCUT2D eigenvalue weighted by Gasteiger charge is 2.12. The minimum atomic E-state index is -0.135. The molecule has 0 radical (unpaired) electrons. The van der Waals surface area contributed by atoms with Crippen LogP contribution >= 0.6 is 11.3 Å². The third-order valence-electron chi connectivity index (χ3n) is 2.96. The predicted octanol–water partition coefficient (Wildman–Crippen LogP) is 2.93. The number of thiophene rings is 1. The van der Waals surface area contributed by atoms with E-state index < -0.39 is 0 Å². The van der Waals surface area contributed by atoms with E-state index in [1.807, 2.05) is 43.5 Å². The monoisotopic (exact) mass is 284 g/mol. The third-order valence-corrected chi connectivity index (χ3v) is 3.87. The second-order valence-electron chi connectivity index (χ2n) is 4.42. The molecule has 0 saturated heterocycles. The van der Waals surface area contributed by atoms with Crippen molar-refractivity contribution in [3.8, 4) is 11.8 Å². The highest BCUT2D eigenvalue weighted by Crippen LogP contribution is 2.19. The molecule has 0 aliphatic rings. The molecule has 3 N–H and O–H groups in total. The molecule has 4 heteroatoms. The largest absolute Gasteiger partial charge is 0.321 e. The summed E-state index contributed by atoms with van der Waals surface area (Å²) in [5.74, 6) is 5.55. The summed E-state index contributed by atoms with van der Waals surface area (Å²) in [5, 5.41) is 4.76. The normalized spacial score (nSPS) is 9.75. The lowest BCUT2D eigenvalue weighted by molar-refractivity contribution is 0.103. The molecule has 20 heavy (non-hydrogen) atoms. The van der Waals surface area contributed by atoms with Gasteiger partial charge in [0.2, 0.25) is 0 Å². The number of carbonyl (C=O) groups is 1. The number of anilines is 1. The van der Waals surface area contributed by atoms with Crippen LogP contribution in [0.3, 0.4) is 0 Å². The lowest BCUT2D eigenvalue weighted by Crippen LogP contribution is -2.11. The number of nitrogens with one attached hydrogen (secondary N) is 1. The number of hydrogen-bond donors (Lipinski definition) is 2. The maximum absolute atomic E-state index is 12.3.